The molecule has 0 aliphatic heterocycles. The van der Waals surface area contributed by atoms with Gasteiger partial charge in [-0.3, -0.25) is 19.7 Å². The summed E-state index contributed by atoms with van der Waals surface area (Å²) in [6.45, 7) is 1.68. The van der Waals surface area contributed by atoms with Gasteiger partial charge in [-0.1, -0.05) is 0 Å². The average Bonchev–Trinajstić information content (AvgIpc) is 2.62. The molecule has 3 aromatic rings. The maximum Gasteiger partial charge on any atom is 0.343 e. The van der Waals surface area contributed by atoms with Gasteiger partial charge in [-0.15, -0.1) is 0 Å². The van der Waals surface area contributed by atoms with E-state index in [9.17, 15) is 24.5 Å². The third kappa shape index (κ3) is 2.95. The Balaban J connectivity index is 2.25. The Morgan fingerprint density at radius 3 is 2.54 bits per heavy atom. The number of rotatable bonds is 4. The van der Waals surface area contributed by atoms with Gasteiger partial charge in [0.1, 0.15) is 16.8 Å². The first-order valence-corrected chi connectivity index (χ1v) is 7.50. The van der Waals surface area contributed by atoms with Gasteiger partial charge >= 0.3 is 5.97 Å². The van der Waals surface area contributed by atoms with Crippen molar-refractivity contribution in [3.05, 3.63) is 66.7 Å². The molecule has 0 aliphatic carbocycles. The molecule has 0 atom stereocenters. The second-order valence-corrected chi connectivity index (χ2v) is 5.23. The molecule has 0 saturated carbocycles. The summed E-state index contributed by atoms with van der Waals surface area (Å²) >= 11 is 0. The Kier molecular flexibility index (Phi) is 4.31. The molecule has 0 amide bonds. The Morgan fingerprint density at radius 2 is 1.92 bits per heavy atom. The van der Waals surface area contributed by atoms with Crippen molar-refractivity contribution < 1.29 is 14.5 Å². The molecule has 10 heteroatoms. The summed E-state index contributed by atoms with van der Waals surface area (Å²) in [5.74, 6) is -0.828. The lowest BCUT2D eigenvalue weighted by atomic mass is 10.1. The summed E-state index contributed by atoms with van der Waals surface area (Å²) < 4.78 is 4.84. The zero-order valence-electron chi connectivity index (χ0n) is 13.4. The smallest absolute Gasteiger partial charge is 0.343 e. The number of esters is 1. The lowest BCUT2D eigenvalue weighted by Gasteiger charge is -2.07. The van der Waals surface area contributed by atoms with Crippen molar-refractivity contribution in [2.24, 2.45) is 0 Å². The van der Waals surface area contributed by atoms with Crippen LogP contribution in [0, 0.1) is 10.1 Å². The lowest BCUT2D eigenvalue weighted by Crippen LogP contribution is -2.23. The number of pyridine rings is 1. The standard InChI is InChI=1S/C16H12N4O6/c1-2-26-16(23)11-7-10-12(8-3-5-9(6-4-8)20(24)25)18-19-15(22)13(10)17-14(11)21/h3-7H,2H2,1H3,(H,17,21)(H,19,22). The van der Waals surface area contributed by atoms with Crippen molar-refractivity contribution in [2.75, 3.05) is 6.61 Å². The molecule has 0 radical (unpaired) electrons. The topological polar surface area (TPSA) is 148 Å². The zero-order valence-corrected chi connectivity index (χ0v) is 13.4. The summed E-state index contributed by atoms with van der Waals surface area (Å²) in [7, 11) is 0. The van der Waals surface area contributed by atoms with Crippen molar-refractivity contribution >= 4 is 22.6 Å². The van der Waals surface area contributed by atoms with Crippen LogP contribution in [-0.2, 0) is 4.74 Å². The van der Waals surface area contributed by atoms with Gasteiger partial charge < -0.3 is 9.72 Å². The van der Waals surface area contributed by atoms with E-state index >= 15 is 0 Å². The van der Waals surface area contributed by atoms with E-state index in [1.807, 2.05) is 0 Å². The number of carbonyl (C=O) groups excluding carboxylic acids is 1. The van der Waals surface area contributed by atoms with E-state index in [4.69, 9.17) is 4.74 Å². The molecule has 0 aliphatic rings. The Hall–Kier alpha value is -3.82. The molecular formula is C16H12N4O6. The first-order valence-electron chi connectivity index (χ1n) is 7.50. The maximum atomic E-state index is 12.1. The number of non-ortho nitro benzene ring substituents is 1. The van der Waals surface area contributed by atoms with Crippen molar-refractivity contribution in [3.8, 4) is 11.3 Å². The minimum Gasteiger partial charge on any atom is -0.462 e. The van der Waals surface area contributed by atoms with Crippen LogP contribution in [0.4, 0.5) is 5.69 Å². The van der Waals surface area contributed by atoms with Crippen LogP contribution in [0.3, 0.4) is 0 Å². The van der Waals surface area contributed by atoms with Gasteiger partial charge in [-0.25, -0.2) is 9.89 Å². The third-order valence-corrected chi connectivity index (χ3v) is 3.64. The number of nitrogens with zero attached hydrogens (tertiary/aromatic N) is 2. The molecule has 0 saturated heterocycles. The number of H-pyrrole nitrogens is 2. The highest BCUT2D eigenvalue weighted by Crippen LogP contribution is 2.25. The van der Waals surface area contributed by atoms with Gasteiger partial charge in [-0.05, 0) is 25.1 Å². The van der Waals surface area contributed by atoms with E-state index < -0.39 is 22.0 Å². The number of hydrogen-bond donors (Lipinski definition) is 2. The first kappa shape index (κ1) is 17.0. The summed E-state index contributed by atoms with van der Waals surface area (Å²) in [4.78, 5) is 48.6. The highest BCUT2D eigenvalue weighted by atomic mass is 16.6. The van der Waals surface area contributed by atoms with Gasteiger partial charge in [-0.2, -0.15) is 5.10 Å². The number of nitro benzene ring substituents is 1. The van der Waals surface area contributed by atoms with Crippen molar-refractivity contribution in [2.45, 2.75) is 6.92 Å². The van der Waals surface area contributed by atoms with Gasteiger partial charge in [0.25, 0.3) is 16.8 Å². The predicted molar refractivity (Wildman–Crippen MR) is 91.0 cm³/mol. The number of aromatic amines is 2. The number of aromatic nitrogens is 3. The molecule has 0 unspecified atom stereocenters. The Morgan fingerprint density at radius 1 is 1.23 bits per heavy atom. The number of fused-ring (bicyclic) bond motifs is 1. The molecule has 1 aromatic carbocycles. The SMILES string of the molecule is CCOC(=O)c1cc2c(-c3ccc([N+](=O)[O-])cc3)n[nH]c(=O)c2[nH]c1=O. The van der Waals surface area contributed by atoms with Crippen LogP contribution in [0.15, 0.2) is 39.9 Å². The number of nitro groups is 1. The van der Waals surface area contributed by atoms with Crippen molar-refractivity contribution in [1.29, 1.82) is 0 Å². The summed E-state index contributed by atoms with van der Waals surface area (Å²) in [6, 6.07) is 6.70. The van der Waals surface area contributed by atoms with Crippen LogP contribution in [0.25, 0.3) is 22.2 Å². The number of benzene rings is 1. The molecule has 132 valence electrons. The zero-order chi connectivity index (χ0) is 18.8. The highest BCUT2D eigenvalue weighted by molar-refractivity contribution is 5.98. The predicted octanol–water partition coefficient (Wildman–Crippen LogP) is 1.36. The second kappa shape index (κ2) is 6.59. The maximum absolute atomic E-state index is 12.1. The van der Waals surface area contributed by atoms with E-state index in [1.54, 1.807) is 6.92 Å². The fraction of sp³-hybridized carbons (Fsp3) is 0.125. The molecule has 2 aromatic heterocycles. The number of ether oxygens (including phenoxy) is 1. The van der Waals surface area contributed by atoms with Crippen LogP contribution in [-0.4, -0.2) is 32.7 Å². The Labute approximate surface area is 144 Å². The monoisotopic (exact) mass is 356 g/mol. The van der Waals surface area contributed by atoms with Crippen LogP contribution in [0.5, 0.6) is 0 Å². The minimum atomic E-state index is -0.828. The van der Waals surface area contributed by atoms with E-state index in [0.29, 0.717) is 5.56 Å². The van der Waals surface area contributed by atoms with Crippen LogP contribution in [0.1, 0.15) is 17.3 Å². The van der Waals surface area contributed by atoms with Crippen LogP contribution in [0.2, 0.25) is 0 Å². The number of carbonyl (C=O) groups is 1. The molecule has 26 heavy (non-hydrogen) atoms. The van der Waals surface area contributed by atoms with Gasteiger partial charge in [0.2, 0.25) is 0 Å². The fourth-order valence-corrected chi connectivity index (χ4v) is 2.44. The number of nitrogens with one attached hydrogen (secondary N) is 2. The van der Waals surface area contributed by atoms with E-state index in [1.165, 1.54) is 30.3 Å². The molecule has 0 bridgehead atoms. The summed E-state index contributed by atoms with van der Waals surface area (Å²) in [5.41, 5.74) is -1.14. The molecule has 3 rings (SSSR count). The number of hydrogen-bond acceptors (Lipinski definition) is 7. The van der Waals surface area contributed by atoms with Gasteiger partial charge in [0.15, 0.2) is 0 Å². The molecule has 0 fully saturated rings. The normalized spacial score (nSPS) is 10.7. The van der Waals surface area contributed by atoms with Crippen molar-refractivity contribution in [3.63, 3.8) is 0 Å². The molecule has 2 heterocycles. The van der Waals surface area contributed by atoms with Gasteiger partial charge in [0, 0.05) is 23.1 Å². The third-order valence-electron chi connectivity index (χ3n) is 3.64. The molecule has 10 nitrogen and oxygen atoms in total. The fourth-order valence-electron chi connectivity index (χ4n) is 2.44. The lowest BCUT2D eigenvalue weighted by molar-refractivity contribution is -0.384. The molecular weight excluding hydrogens is 344 g/mol. The second-order valence-electron chi connectivity index (χ2n) is 5.23. The highest BCUT2D eigenvalue weighted by Gasteiger charge is 2.18. The van der Waals surface area contributed by atoms with Crippen LogP contribution < -0.4 is 11.1 Å². The van der Waals surface area contributed by atoms with Crippen LogP contribution >= 0.6 is 0 Å². The van der Waals surface area contributed by atoms with Crippen molar-refractivity contribution in [1.82, 2.24) is 15.2 Å². The minimum absolute atomic E-state index is 0.0635. The van der Waals surface area contributed by atoms with E-state index in [-0.39, 0.29) is 34.5 Å². The molecule has 0 spiro atoms. The summed E-state index contributed by atoms with van der Waals surface area (Å²) in [6.07, 6.45) is 0. The largest absolute Gasteiger partial charge is 0.462 e. The van der Waals surface area contributed by atoms with E-state index in [0.717, 1.165) is 0 Å². The summed E-state index contributed by atoms with van der Waals surface area (Å²) in [5, 5.41) is 17.2. The van der Waals surface area contributed by atoms with Gasteiger partial charge in [0.05, 0.1) is 11.5 Å². The average molecular weight is 356 g/mol. The Bertz CT molecular complexity index is 1130. The quantitative estimate of drug-likeness (QED) is 0.407. The molecule has 2 N–H and O–H groups in total. The first-order chi connectivity index (χ1) is 12.4. The van der Waals surface area contributed by atoms with E-state index in [2.05, 4.69) is 15.2 Å².